The summed E-state index contributed by atoms with van der Waals surface area (Å²) < 4.78 is 47.4. The van der Waals surface area contributed by atoms with Crippen molar-refractivity contribution in [2.75, 3.05) is 19.1 Å². The Labute approximate surface area is 196 Å². The minimum absolute atomic E-state index is 0.0292. The van der Waals surface area contributed by atoms with Gasteiger partial charge in [-0.15, -0.1) is 0 Å². The predicted molar refractivity (Wildman–Crippen MR) is 128 cm³/mol. The first-order valence-electron chi connectivity index (χ1n) is 10.4. The molecule has 1 N–H and O–H groups in total. The SMILES string of the molecule is COc1cccc(N(C)c2ccc(S(=O)(=O)n3c(C)c(CC(=O)O)c4cc(F)ccc43)cc2)c1. The molecule has 176 valence electrons. The van der Waals surface area contributed by atoms with E-state index in [0.29, 0.717) is 5.75 Å². The summed E-state index contributed by atoms with van der Waals surface area (Å²) in [5.41, 5.74) is 2.35. The van der Waals surface area contributed by atoms with E-state index in [0.717, 1.165) is 21.4 Å². The summed E-state index contributed by atoms with van der Waals surface area (Å²) in [4.78, 5) is 13.3. The number of anilines is 2. The van der Waals surface area contributed by atoms with Crippen LogP contribution in [0.4, 0.5) is 15.8 Å². The number of carbonyl (C=O) groups is 1. The van der Waals surface area contributed by atoms with E-state index < -0.39 is 28.2 Å². The van der Waals surface area contributed by atoms with Crippen LogP contribution in [0.3, 0.4) is 0 Å². The molecule has 0 amide bonds. The van der Waals surface area contributed by atoms with Gasteiger partial charge in [0.05, 0.1) is 23.9 Å². The Bertz CT molecular complexity index is 1490. The van der Waals surface area contributed by atoms with E-state index in [1.165, 1.54) is 31.2 Å². The molecule has 0 saturated heterocycles. The Kier molecular flexibility index (Phi) is 6.05. The van der Waals surface area contributed by atoms with Crippen molar-refractivity contribution in [1.29, 1.82) is 0 Å². The number of ether oxygens (including phenoxy) is 1. The summed E-state index contributed by atoms with van der Waals surface area (Å²) >= 11 is 0. The van der Waals surface area contributed by atoms with E-state index in [-0.39, 0.29) is 27.1 Å². The first-order chi connectivity index (χ1) is 16.1. The third kappa shape index (κ3) is 4.10. The molecule has 0 bridgehead atoms. The summed E-state index contributed by atoms with van der Waals surface area (Å²) in [7, 11) is -0.638. The largest absolute Gasteiger partial charge is 0.497 e. The Morgan fingerprint density at radius 3 is 2.41 bits per heavy atom. The first kappa shape index (κ1) is 23.3. The molecule has 0 atom stereocenters. The van der Waals surface area contributed by atoms with Crippen LogP contribution in [0.25, 0.3) is 10.9 Å². The normalized spacial score (nSPS) is 11.5. The molecule has 1 heterocycles. The number of carboxylic acid groups (broad SMARTS) is 1. The monoisotopic (exact) mass is 482 g/mol. The first-order valence-corrected chi connectivity index (χ1v) is 11.8. The molecule has 4 aromatic rings. The van der Waals surface area contributed by atoms with Gasteiger partial charge in [-0.05, 0) is 67.1 Å². The quantitative estimate of drug-likeness (QED) is 0.410. The molecule has 3 aromatic carbocycles. The molecule has 7 nitrogen and oxygen atoms in total. The number of rotatable bonds is 7. The number of halogens is 1. The van der Waals surface area contributed by atoms with Crippen molar-refractivity contribution in [2.24, 2.45) is 0 Å². The fraction of sp³-hybridized carbons (Fsp3) is 0.160. The molecular formula is C25H23FN2O5S. The molecule has 0 aliphatic rings. The van der Waals surface area contributed by atoms with Crippen molar-refractivity contribution in [3.8, 4) is 5.75 Å². The maximum absolute atomic E-state index is 13.9. The van der Waals surface area contributed by atoms with Gasteiger partial charge in [0.15, 0.2) is 0 Å². The number of methoxy groups -OCH3 is 1. The average molecular weight is 483 g/mol. The molecule has 0 radical (unpaired) electrons. The highest BCUT2D eigenvalue weighted by Crippen LogP contribution is 2.32. The highest BCUT2D eigenvalue weighted by molar-refractivity contribution is 7.90. The number of nitrogens with zero attached hydrogens (tertiary/aromatic N) is 2. The predicted octanol–water partition coefficient (Wildman–Crippen LogP) is 4.73. The molecular weight excluding hydrogens is 459 g/mol. The van der Waals surface area contributed by atoms with Crippen LogP contribution in [0.5, 0.6) is 5.75 Å². The fourth-order valence-electron chi connectivity index (χ4n) is 4.02. The molecule has 34 heavy (non-hydrogen) atoms. The number of benzene rings is 3. The Morgan fingerprint density at radius 2 is 1.76 bits per heavy atom. The second-order valence-corrected chi connectivity index (χ2v) is 9.61. The van der Waals surface area contributed by atoms with Crippen LogP contribution in [-0.4, -0.2) is 37.6 Å². The van der Waals surface area contributed by atoms with Crippen molar-refractivity contribution in [1.82, 2.24) is 3.97 Å². The number of hydrogen-bond donors (Lipinski definition) is 1. The minimum atomic E-state index is -4.08. The summed E-state index contributed by atoms with van der Waals surface area (Å²) in [5.74, 6) is -1.00. The second-order valence-electron chi connectivity index (χ2n) is 7.82. The zero-order valence-electron chi connectivity index (χ0n) is 18.8. The fourth-order valence-corrected chi connectivity index (χ4v) is 5.60. The lowest BCUT2D eigenvalue weighted by atomic mass is 10.1. The van der Waals surface area contributed by atoms with Crippen LogP contribution in [0, 0.1) is 12.7 Å². The molecule has 9 heteroatoms. The smallest absolute Gasteiger partial charge is 0.307 e. The Morgan fingerprint density at radius 1 is 1.06 bits per heavy atom. The molecule has 0 spiro atoms. The summed E-state index contributed by atoms with van der Waals surface area (Å²) in [6.45, 7) is 1.53. The van der Waals surface area contributed by atoms with Crippen molar-refractivity contribution in [3.63, 3.8) is 0 Å². The van der Waals surface area contributed by atoms with Gasteiger partial charge in [0.25, 0.3) is 10.0 Å². The van der Waals surface area contributed by atoms with Crippen molar-refractivity contribution in [2.45, 2.75) is 18.2 Å². The lowest BCUT2D eigenvalue weighted by Gasteiger charge is -2.20. The van der Waals surface area contributed by atoms with Gasteiger partial charge in [0.1, 0.15) is 11.6 Å². The van der Waals surface area contributed by atoms with E-state index in [1.54, 1.807) is 19.2 Å². The van der Waals surface area contributed by atoms with Crippen molar-refractivity contribution in [3.05, 3.63) is 83.8 Å². The third-order valence-corrected chi connectivity index (χ3v) is 7.59. The maximum Gasteiger partial charge on any atom is 0.307 e. The zero-order valence-corrected chi connectivity index (χ0v) is 19.6. The van der Waals surface area contributed by atoms with E-state index in [9.17, 15) is 22.7 Å². The van der Waals surface area contributed by atoms with Crippen LogP contribution in [0.1, 0.15) is 11.3 Å². The Balaban J connectivity index is 1.77. The van der Waals surface area contributed by atoms with Crippen LogP contribution >= 0.6 is 0 Å². The lowest BCUT2D eigenvalue weighted by molar-refractivity contribution is -0.136. The minimum Gasteiger partial charge on any atom is -0.497 e. The highest BCUT2D eigenvalue weighted by atomic mass is 32.2. The maximum atomic E-state index is 13.9. The molecule has 4 rings (SSSR count). The summed E-state index contributed by atoms with van der Waals surface area (Å²) in [5, 5.41) is 9.56. The molecule has 0 aliphatic carbocycles. The average Bonchev–Trinajstić information content (AvgIpc) is 3.09. The zero-order chi connectivity index (χ0) is 24.6. The Hall–Kier alpha value is -3.85. The van der Waals surface area contributed by atoms with Gasteiger partial charge in [-0.2, -0.15) is 0 Å². The van der Waals surface area contributed by atoms with Gasteiger partial charge in [-0.1, -0.05) is 6.07 Å². The standard InChI is InChI=1S/C25H23FN2O5S/c1-16-22(15-25(29)30)23-13-17(26)7-12-24(23)28(16)34(31,32)21-10-8-18(9-11-21)27(2)19-5-4-6-20(14-19)33-3/h4-14H,15H2,1-3H3,(H,29,30). The molecule has 0 fully saturated rings. The number of hydrogen-bond acceptors (Lipinski definition) is 5. The molecule has 0 saturated carbocycles. The van der Waals surface area contributed by atoms with Crippen LogP contribution in [-0.2, 0) is 21.2 Å². The van der Waals surface area contributed by atoms with E-state index >= 15 is 0 Å². The molecule has 1 aromatic heterocycles. The van der Waals surface area contributed by atoms with E-state index in [4.69, 9.17) is 4.74 Å². The summed E-state index contributed by atoms with van der Waals surface area (Å²) in [6, 6.07) is 17.5. The van der Waals surface area contributed by atoms with Gasteiger partial charge < -0.3 is 14.7 Å². The topological polar surface area (TPSA) is 88.8 Å². The van der Waals surface area contributed by atoms with Crippen molar-refractivity contribution < 1.29 is 27.4 Å². The van der Waals surface area contributed by atoms with Crippen LogP contribution in [0.2, 0.25) is 0 Å². The van der Waals surface area contributed by atoms with E-state index in [1.807, 2.05) is 36.2 Å². The lowest BCUT2D eigenvalue weighted by Crippen LogP contribution is -2.15. The number of fused-ring (bicyclic) bond motifs is 1. The van der Waals surface area contributed by atoms with Crippen LogP contribution in [0.15, 0.2) is 71.6 Å². The second kappa shape index (κ2) is 8.83. The molecule has 0 unspecified atom stereocenters. The molecule has 0 aliphatic heterocycles. The number of aliphatic carboxylic acids is 1. The summed E-state index contributed by atoms with van der Waals surface area (Å²) in [6.07, 6.45) is -0.418. The van der Waals surface area contributed by atoms with Crippen LogP contribution < -0.4 is 9.64 Å². The number of carboxylic acids is 1. The van der Waals surface area contributed by atoms with Gasteiger partial charge in [0.2, 0.25) is 0 Å². The van der Waals surface area contributed by atoms with Gasteiger partial charge in [-0.3, -0.25) is 4.79 Å². The van der Waals surface area contributed by atoms with Gasteiger partial charge in [-0.25, -0.2) is 16.8 Å². The van der Waals surface area contributed by atoms with Gasteiger partial charge in [0, 0.05) is 35.6 Å². The third-order valence-electron chi connectivity index (χ3n) is 5.77. The number of aromatic nitrogens is 1. The van der Waals surface area contributed by atoms with Gasteiger partial charge >= 0.3 is 5.97 Å². The van der Waals surface area contributed by atoms with E-state index in [2.05, 4.69) is 0 Å². The van der Waals surface area contributed by atoms with Crippen molar-refractivity contribution >= 4 is 38.3 Å². The highest BCUT2D eigenvalue weighted by Gasteiger charge is 2.26.